The highest BCUT2D eigenvalue weighted by Gasteiger charge is 2.30. The van der Waals surface area contributed by atoms with Crippen LogP contribution >= 0.6 is 0 Å². The predicted molar refractivity (Wildman–Crippen MR) is 65.1 cm³/mol. The highest BCUT2D eigenvalue weighted by Crippen LogP contribution is 2.25. The highest BCUT2D eigenvalue weighted by molar-refractivity contribution is 5.60. The van der Waals surface area contributed by atoms with Crippen LogP contribution in [0.3, 0.4) is 0 Å². The van der Waals surface area contributed by atoms with E-state index < -0.39 is 6.36 Å². The summed E-state index contributed by atoms with van der Waals surface area (Å²) < 4.78 is 41.8. The van der Waals surface area contributed by atoms with Gasteiger partial charge in [-0.05, 0) is 24.3 Å². The number of hydrogen-bond donors (Lipinski definition) is 0. The Balaban J connectivity index is 1.90. The third-order valence-electron chi connectivity index (χ3n) is 2.66. The van der Waals surface area contributed by atoms with Crippen LogP contribution in [0.1, 0.15) is 0 Å². The number of halogens is 3. The average Bonchev–Trinajstić information content (AvgIpc) is 2.85. The molecule has 4 nitrogen and oxygen atoms in total. The molecular formula is C13H8F3N3O. The lowest BCUT2D eigenvalue weighted by Gasteiger charge is -2.09. The van der Waals surface area contributed by atoms with E-state index in [9.17, 15) is 13.2 Å². The smallest absolute Gasteiger partial charge is 0.406 e. The Kier molecular flexibility index (Phi) is 2.81. The van der Waals surface area contributed by atoms with Crippen LogP contribution in [0, 0.1) is 0 Å². The molecule has 0 N–H and O–H groups in total. The van der Waals surface area contributed by atoms with Gasteiger partial charge in [0.15, 0.2) is 5.65 Å². The quantitative estimate of drug-likeness (QED) is 0.722. The minimum atomic E-state index is -4.69. The molecule has 0 saturated carbocycles. The fourth-order valence-corrected chi connectivity index (χ4v) is 1.80. The molecule has 2 aromatic heterocycles. The van der Waals surface area contributed by atoms with Gasteiger partial charge in [-0.2, -0.15) is 0 Å². The van der Waals surface area contributed by atoms with Crippen LogP contribution in [0.5, 0.6) is 5.75 Å². The highest BCUT2D eigenvalue weighted by atomic mass is 19.4. The Bertz CT molecular complexity index is 734. The van der Waals surface area contributed by atoms with Crippen LogP contribution in [0.25, 0.3) is 16.9 Å². The molecule has 0 aliphatic carbocycles. The Morgan fingerprint density at radius 1 is 1.05 bits per heavy atom. The first-order valence-electron chi connectivity index (χ1n) is 5.66. The summed E-state index contributed by atoms with van der Waals surface area (Å²) in [4.78, 5) is 8.27. The SMILES string of the molecule is FC(F)(F)Oc1ccc(-c2cn3ccnc3cn2)cc1. The number of ether oxygens (including phenoxy) is 1. The van der Waals surface area contributed by atoms with Gasteiger partial charge in [0.2, 0.25) is 0 Å². The molecular weight excluding hydrogens is 271 g/mol. The summed E-state index contributed by atoms with van der Waals surface area (Å²) in [5.74, 6) is -0.259. The van der Waals surface area contributed by atoms with Crippen molar-refractivity contribution in [1.82, 2.24) is 14.4 Å². The molecule has 0 spiro atoms. The van der Waals surface area contributed by atoms with Gasteiger partial charge >= 0.3 is 6.36 Å². The van der Waals surface area contributed by atoms with Crippen LogP contribution in [-0.4, -0.2) is 20.7 Å². The number of benzene rings is 1. The van der Waals surface area contributed by atoms with Crippen LogP contribution in [0.15, 0.2) is 49.1 Å². The van der Waals surface area contributed by atoms with Gasteiger partial charge in [0.05, 0.1) is 11.9 Å². The van der Waals surface area contributed by atoms with Crippen molar-refractivity contribution < 1.29 is 17.9 Å². The van der Waals surface area contributed by atoms with Crippen molar-refractivity contribution in [1.29, 1.82) is 0 Å². The van der Waals surface area contributed by atoms with E-state index in [1.807, 2.05) is 0 Å². The Morgan fingerprint density at radius 2 is 1.80 bits per heavy atom. The molecule has 20 heavy (non-hydrogen) atoms. The number of hydrogen-bond acceptors (Lipinski definition) is 3. The third-order valence-corrected chi connectivity index (χ3v) is 2.66. The largest absolute Gasteiger partial charge is 0.573 e. The topological polar surface area (TPSA) is 39.4 Å². The van der Waals surface area contributed by atoms with Gasteiger partial charge < -0.3 is 9.14 Å². The van der Waals surface area contributed by atoms with Gasteiger partial charge in [-0.3, -0.25) is 4.98 Å². The normalized spacial score (nSPS) is 11.8. The summed E-state index contributed by atoms with van der Waals surface area (Å²) in [6.07, 6.45) is 2.07. The molecule has 102 valence electrons. The molecule has 0 fully saturated rings. The minimum absolute atomic E-state index is 0.259. The fraction of sp³-hybridized carbons (Fsp3) is 0.0769. The fourth-order valence-electron chi connectivity index (χ4n) is 1.80. The van der Waals surface area contributed by atoms with E-state index in [4.69, 9.17) is 0 Å². The summed E-state index contributed by atoms with van der Waals surface area (Å²) in [6, 6.07) is 5.55. The maximum atomic E-state index is 12.1. The number of fused-ring (bicyclic) bond motifs is 1. The van der Waals surface area contributed by atoms with E-state index in [0.29, 0.717) is 16.9 Å². The molecule has 0 aliphatic heterocycles. The standard InChI is InChI=1S/C13H8F3N3O/c14-13(15,16)20-10-3-1-9(2-4-10)11-8-19-6-5-17-12(19)7-18-11/h1-8H. The molecule has 3 rings (SSSR count). The first-order chi connectivity index (χ1) is 9.51. The zero-order valence-corrected chi connectivity index (χ0v) is 10.0. The van der Waals surface area contributed by atoms with E-state index in [1.165, 1.54) is 24.3 Å². The van der Waals surface area contributed by atoms with Crippen LogP contribution in [-0.2, 0) is 0 Å². The van der Waals surface area contributed by atoms with E-state index in [0.717, 1.165) is 0 Å². The molecule has 0 amide bonds. The van der Waals surface area contributed by atoms with Gasteiger partial charge in [-0.15, -0.1) is 13.2 Å². The molecule has 2 heterocycles. The van der Waals surface area contributed by atoms with Crippen LogP contribution in [0.2, 0.25) is 0 Å². The van der Waals surface area contributed by atoms with Crippen molar-refractivity contribution in [3.05, 3.63) is 49.1 Å². The van der Waals surface area contributed by atoms with Gasteiger partial charge in [0, 0.05) is 24.2 Å². The molecule has 0 aliphatic rings. The maximum Gasteiger partial charge on any atom is 0.573 e. The molecule has 0 unspecified atom stereocenters. The first kappa shape index (κ1) is 12.5. The van der Waals surface area contributed by atoms with E-state index in [-0.39, 0.29) is 5.75 Å². The Morgan fingerprint density at radius 3 is 2.50 bits per heavy atom. The molecule has 0 bridgehead atoms. The summed E-state index contributed by atoms with van der Waals surface area (Å²) in [5.41, 5.74) is 2.02. The van der Waals surface area contributed by atoms with Crippen molar-refractivity contribution in [2.75, 3.05) is 0 Å². The minimum Gasteiger partial charge on any atom is -0.406 e. The zero-order chi connectivity index (χ0) is 14.2. The second-order valence-electron chi connectivity index (χ2n) is 4.04. The lowest BCUT2D eigenvalue weighted by Crippen LogP contribution is -2.16. The Hall–Kier alpha value is -2.57. The van der Waals surface area contributed by atoms with Gasteiger partial charge in [-0.25, -0.2) is 4.98 Å². The second kappa shape index (κ2) is 4.52. The summed E-state index contributed by atoms with van der Waals surface area (Å²) in [7, 11) is 0. The van der Waals surface area contributed by atoms with Crippen molar-refractivity contribution in [3.8, 4) is 17.0 Å². The van der Waals surface area contributed by atoms with Gasteiger partial charge in [0.1, 0.15) is 5.75 Å². The number of aromatic nitrogens is 3. The van der Waals surface area contributed by atoms with Gasteiger partial charge in [0.25, 0.3) is 0 Å². The summed E-state index contributed by atoms with van der Waals surface area (Å²) in [6.45, 7) is 0. The van der Waals surface area contributed by atoms with Crippen molar-refractivity contribution in [2.24, 2.45) is 0 Å². The number of rotatable bonds is 2. The van der Waals surface area contributed by atoms with Crippen LogP contribution in [0.4, 0.5) is 13.2 Å². The third kappa shape index (κ3) is 2.56. The Labute approximate surface area is 111 Å². The molecule has 0 atom stereocenters. The van der Waals surface area contributed by atoms with Crippen molar-refractivity contribution in [3.63, 3.8) is 0 Å². The van der Waals surface area contributed by atoms with Crippen molar-refractivity contribution >= 4 is 5.65 Å². The second-order valence-corrected chi connectivity index (χ2v) is 4.04. The molecule has 7 heteroatoms. The number of imidazole rings is 1. The van der Waals surface area contributed by atoms with Gasteiger partial charge in [-0.1, -0.05) is 0 Å². The van der Waals surface area contributed by atoms with Crippen molar-refractivity contribution in [2.45, 2.75) is 6.36 Å². The lowest BCUT2D eigenvalue weighted by molar-refractivity contribution is -0.274. The zero-order valence-electron chi connectivity index (χ0n) is 10.0. The van der Waals surface area contributed by atoms with E-state index in [1.54, 1.807) is 29.2 Å². The molecule has 0 saturated heterocycles. The summed E-state index contributed by atoms with van der Waals surface area (Å²) >= 11 is 0. The summed E-state index contributed by atoms with van der Waals surface area (Å²) in [5, 5.41) is 0. The average molecular weight is 279 g/mol. The number of alkyl halides is 3. The van der Waals surface area contributed by atoms with E-state index >= 15 is 0 Å². The molecule has 0 radical (unpaired) electrons. The molecule has 3 aromatic rings. The predicted octanol–water partition coefficient (Wildman–Crippen LogP) is 3.29. The lowest BCUT2D eigenvalue weighted by atomic mass is 10.1. The van der Waals surface area contributed by atoms with Crippen LogP contribution < -0.4 is 4.74 Å². The monoisotopic (exact) mass is 279 g/mol. The maximum absolute atomic E-state index is 12.1. The van der Waals surface area contributed by atoms with E-state index in [2.05, 4.69) is 14.7 Å². The first-order valence-corrected chi connectivity index (χ1v) is 5.66. The number of nitrogens with zero attached hydrogens (tertiary/aromatic N) is 3. The molecule has 1 aromatic carbocycles.